The maximum absolute atomic E-state index is 12.3. The summed E-state index contributed by atoms with van der Waals surface area (Å²) in [7, 11) is 3.59. The molecule has 0 aliphatic carbocycles. The van der Waals surface area contributed by atoms with Crippen LogP contribution in [0.1, 0.15) is 16.2 Å². The Morgan fingerprint density at radius 2 is 1.93 bits per heavy atom. The standard InChI is InChI=1S/C20H24N4O3/c1-23(12-16(26)13-25)20(27)14-7-9-15(10-8-14)21-11-19-22-17-5-3-4-6-18(17)24(19)2/h3-10,16,21,25-26H,11-13H2,1-2H3. The van der Waals surface area contributed by atoms with E-state index in [1.165, 1.54) is 4.90 Å². The molecule has 0 fully saturated rings. The number of benzene rings is 2. The smallest absolute Gasteiger partial charge is 0.253 e. The molecule has 0 saturated heterocycles. The van der Waals surface area contributed by atoms with Gasteiger partial charge in [-0.3, -0.25) is 4.79 Å². The summed E-state index contributed by atoms with van der Waals surface area (Å²) in [5.41, 5.74) is 3.46. The van der Waals surface area contributed by atoms with E-state index in [1.807, 2.05) is 43.4 Å². The van der Waals surface area contributed by atoms with Gasteiger partial charge < -0.3 is 25.0 Å². The fourth-order valence-electron chi connectivity index (χ4n) is 2.94. The number of imidazole rings is 1. The third kappa shape index (κ3) is 4.27. The summed E-state index contributed by atoms with van der Waals surface area (Å²) < 4.78 is 2.06. The van der Waals surface area contributed by atoms with Crippen LogP contribution in [0.5, 0.6) is 0 Å². The molecule has 3 aromatic rings. The molecule has 0 radical (unpaired) electrons. The topological polar surface area (TPSA) is 90.6 Å². The minimum Gasteiger partial charge on any atom is -0.394 e. The number of fused-ring (bicyclic) bond motifs is 1. The van der Waals surface area contributed by atoms with E-state index in [4.69, 9.17) is 5.11 Å². The van der Waals surface area contributed by atoms with Crippen molar-refractivity contribution < 1.29 is 15.0 Å². The highest BCUT2D eigenvalue weighted by Gasteiger charge is 2.15. The van der Waals surface area contributed by atoms with Gasteiger partial charge in [0.05, 0.1) is 30.3 Å². The number of rotatable bonds is 7. The summed E-state index contributed by atoms with van der Waals surface area (Å²) in [6.45, 7) is 0.284. The Morgan fingerprint density at radius 3 is 2.59 bits per heavy atom. The van der Waals surface area contributed by atoms with Crippen molar-refractivity contribution in [2.45, 2.75) is 12.6 Å². The number of amides is 1. The van der Waals surface area contributed by atoms with Crippen LogP contribution in [-0.2, 0) is 13.6 Å². The predicted octanol–water partition coefficient (Wildman–Crippen LogP) is 1.61. The summed E-state index contributed by atoms with van der Waals surface area (Å²) in [5.74, 6) is 0.721. The quantitative estimate of drug-likeness (QED) is 0.589. The summed E-state index contributed by atoms with van der Waals surface area (Å²) in [6, 6.07) is 15.1. The van der Waals surface area contributed by atoms with Crippen molar-refractivity contribution in [2.75, 3.05) is 25.5 Å². The lowest BCUT2D eigenvalue weighted by atomic mass is 10.1. The lowest BCUT2D eigenvalue weighted by Gasteiger charge is -2.20. The molecular weight excluding hydrogens is 344 g/mol. The highest BCUT2D eigenvalue weighted by atomic mass is 16.3. The van der Waals surface area contributed by atoms with Gasteiger partial charge in [-0.1, -0.05) is 12.1 Å². The normalized spacial score (nSPS) is 12.1. The largest absolute Gasteiger partial charge is 0.394 e. The number of nitrogens with one attached hydrogen (secondary N) is 1. The number of anilines is 1. The molecule has 2 aromatic carbocycles. The number of hydrogen-bond acceptors (Lipinski definition) is 5. The molecule has 142 valence electrons. The minimum atomic E-state index is -0.937. The second kappa shape index (κ2) is 8.20. The first-order valence-electron chi connectivity index (χ1n) is 8.78. The van der Waals surface area contributed by atoms with Crippen molar-refractivity contribution >= 4 is 22.6 Å². The minimum absolute atomic E-state index is 0.0854. The van der Waals surface area contributed by atoms with Gasteiger partial charge in [-0.05, 0) is 36.4 Å². The van der Waals surface area contributed by atoms with Crippen molar-refractivity contribution in [3.8, 4) is 0 Å². The zero-order chi connectivity index (χ0) is 19.4. The van der Waals surface area contributed by atoms with Gasteiger partial charge in [-0.25, -0.2) is 4.98 Å². The molecule has 0 aliphatic heterocycles. The molecule has 0 spiro atoms. The zero-order valence-corrected chi connectivity index (χ0v) is 15.5. The van der Waals surface area contributed by atoms with Crippen LogP contribution in [0.15, 0.2) is 48.5 Å². The lowest BCUT2D eigenvalue weighted by Crippen LogP contribution is -2.35. The monoisotopic (exact) mass is 368 g/mol. The molecule has 27 heavy (non-hydrogen) atoms. The number of carbonyl (C=O) groups excluding carboxylic acids is 1. The Balaban J connectivity index is 1.63. The second-order valence-corrected chi connectivity index (χ2v) is 6.53. The van der Waals surface area contributed by atoms with E-state index in [0.29, 0.717) is 12.1 Å². The van der Waals surface area contributed by atoms with E-state index in [1.54, 1.807) is 19.2 Å². The Morgan fingerprint density at radius 1 is 1.22 bits per heavy atom. The van der Waals surface area contributed by atoms with Crippen molar-refractivity contribution in [3.63, 3.8) is 0 Å². The molecule has 1 aromatic heterocycles. The van der Waals surface area contributed by atoms with Crippen LogP contribution in [-0.4, -0.2) is 56.9 Å². The lowest BCUT2D eigenvalue weighted by molar-refractivity contribution is 0.0520. The van der Waals surface area contributed by atoms with Crippen molar-refractivity contribution in [3.05, 3.63) is 59.9 Å². The number of aliphatic hydroxyl groups excluding tert-OH is 2. The van der Waals surface area contributed by atoms with Crippen molar-refractivity contribution in [1.29, 1.82) is 0 Å². The fourth-order valence-corrected chi connectivity index (χ4v) is 2.94. The molecule has 0 bridgehead atoms. The van der Waals surface area contributed by atoms with Crippen LogP contribution in [0.3, 0.4) is 0 Å². The number of likely N-dealkylation sites (N-methyl/N-ethyl adjacent to an activating group) is 1. The van der Waals surface area contributed by atoms with Gasteiger partial charge in [0.1, 0.15) is 5.82 Å². The number of nitrogens with zero attached hydrogens (tertiary/aromatic N) is 3. The Hall–Kier alpha value is -2.90. The third-order valence-electron chi connectivity index (χ3n) is 4.50. The van der Waals surface area contributed by atoms with Gasteiger partial charge in [-0.15, -0.1) is 0 Å². The van der Waals surface area contributed by atoms with E-state index in [0.717, 1.165) is 22.5 Å². The molecule has 0 saturated carbocycles. The summed E-state index contributed by atoms with van der Waals surface area (Å²) >= 11 is 0. The van der Waals surface area contributed by atoms with E-state index >= 15 is 0 Å². The van der Waals surface area contributed by atoms with Gasteiger partial charge in [0, 0.05) is 31.9 Å². The van der Waals surface area contributed by atoms with Gasteiger partial charge in [0.15, 0.2) is 0 Å². The van der Waals surface area contributed by atoms with E-state index in [9.17, 15) is 9.90 Å². The molecule has 0 aliphatic rings. The van der Waals surface area contributed by atoms with Crippen LogP contribution in [0, 0.1) is 0 Å². The van der Waals surface area contributed by atoms with Gasteiger partial charge in [0.25, 0.3) is 5.91 Å². The third-order valence-corrected chi connectivity index (χ3v) is 4.50. The first-order chi connectivity index (χ1) is 13.0. The first kappa shape index (κ1) is 18.9. The van der Waals surface area contributed by atoms with Gasteiger partial charge >= 0.3 is 0 Å². The van der Waals surface area contributed by atoms with E-state index < -0.39 is 6.10 Å². The van der Waals surface area contributed by atoms with Crippen molar-refractivity contribution in [1.82, 2.24) is 14.5 Å². The molecule has 1 amide bonds. The number of para-hydroxylation sites is 2. The molecule has 3 N–H and O–H groups in total. The maximum atomic E-state index is 12.3. The summed E-state index contributed by atoms with van der Waals surface area (Å²) in [4.78, 5) is 18.3. The summed E-state index contributed by atoms with van der Waals surface area (Å²) in [5, 5.41) is 21.7. The number of hydrogen-bond donors (Lipinski definition) is 3. The molecule has 1 heterocycles. The average Bonchev–Trinajstić information content (AvgIpc) is 3.02. The fraction of sp³-hybridized carbons (Fsp3) is 0.300. The molecule has 7 heteroatoms. The number of carbonyl (C=O) groups is 1. The zero-order valence-electron chi connectivity index (χ0n) is 15.5. The van der Waals surface area contributed by atoms with Crippen LogP contribution >= 0.6 is 0 Å². The molecule has 7 nitrogen and oxygen atoms in total. The Bertz CT molecular complexity index is 921. The number of aliphatic hydroxyl groups is 2. The molecule has 1 atom stereocenters. The summed E-state index contributed by atoms with van der Waals surface area (Å²) in [6.07, 6.45) is -0.937. The SMILES string of the molecule is CN(CC(O)CO)C(=O)c1ccc(NCc2nc3ccccc3n2C)cc1. The highest BCUT2D eigenvalue weighted by molar-refractivity contribution is 5.94. The van der Waals surface area contributed by atoms with E-state index in [-0.39, 0.29) is 19.1 Å². The molecule has 3 rings (SSSR count). The average molecular weight is 368 g/mol. The van der Waals surface area contributed by atoms with Crippen LogP contribution in [0.2, 0.25) is 0 Å². The van der Waals surface area contributed by atoms with Crippen LogP contribution < -0.4 is 5.32 Å². The van der Waals surface area contributed by atoms with Gasteiger partial charge in [-0.2, -0.15) is 0 Å². The van der Waals surface area contributed by atoms with Gasteiger partial charge in [0.2, 0.25) is 0 Å². The first-order valence-corrected chi connectivity index (χ1v) is 8.78. The van der Waals surface area contributed by atoms with Crippen LogP contribution in [0.25, 0.3) is 11.0 Å². The van der Waals surface area contributed by atoms with Crippen LogP contribution in [0.4, 0.5) is 5.69 Å². The molecular formula is C20H24N4O3. The maximum Gasteiger partial charge on any atom is 0.253 e. The molecule has 1 unspecified atom stereocenters. The second-order valence-electron chi connectivity index (χ2n) is 6.53. The van der Waals surface area contributed by atoms with Crippen molar-refractivity contribution in [2.24, 2.45) is 7.05 Å². The Labute approximate surface area is 157 Å². The van der Waals surface area contributed by atoms with E-state index in [2.05, 4.69) is 14.9 Å². The predicted molar refractivity (Wildman–Crippen MR) is 105 cm³/mol. The number of aromatic nitrogens is 2. The highest BCUT2D eigenvalue weighted by Crippen LogP contribution is 2.16. The Kier molecular flexibility index (Phi) is 5.73. The number of aryl methyl sites for hydroxylation is 1.